The summed E-state index contributed by atoms with van der Waals surface area (Å²) in [6.07, 6.45) is 6.03. The number of hydrogen-bond acceptors (Lipinski definition) is 3. The van der Waals surface area contributed by atoms with Gasteiger partial charge in [-0.15, -0.1) is 0 Å². The first-order chi connectivity index (χ1) is 10.4. The van der Waals surface area contributed by atoms with Gasteiger partial charge in [0.15, 0.2) is 0 Å². The van der Waals surface area contributed by atoms with Crippen molar-refractivity contribution in [3.63, 3.8) is 0 Å². The van der Waals surface area contributed by atoms with Crippen molar-refractivity contribution in [1.82, 2.24) is 9.97 Å². The highest BCUT2D eigenvalue weighted by Gasteiger charge is 2.23. The molecule has 21 heavy (non-hydrogen) atoms. The molecule has 4 rings (SSSR count). The van der Waals surface area contributed by atoms with Crippen LogP contribution in [0.1, 0.15) is 29.9 Å². The van der Waals surface area contributed by atoms with Crippen LogP contribution >= 0.6 is 0 Å². The van der Waals surface area contributed by atoms with Crippen LogP contribution in [0.5, 0.6) is 5.75 Å². The van der Waals surface area contributed by atoms with Gasteiger partial charge in [-0.25, -0.2) is 9.97 Å². The number of fused-ring (bicyclic) bond motifs is 1. The minimum absolute atomic E-state index is 0.594. The second kappa shape index (κ2) is 5.17. The fourth-order valence-electron chi connectivity index (χ4n) is 2.56. The Morgan fingerprint density at radius 2 is 2.05 bits per heavy atom. The van der Waals surface area contributed by atoms with Gasteiger partial charge in [0.05, 0.1) is 5.52 Å². The van der Waals surface area contributed by atoms with Gasteiger partial charge in [0.2, 0.25) is 0 Å². The molecule has 3 aromatic rings. The molecular weight excluding hydrogens is 260 g/mol. The molecule has 0 N–H and O–H groups in total. The van der Waals surface area contributed by atoms with E-state index in [1.54, 1.807) is 6.33 Å². The molecule has 1 aliphatic rings. The second-order valence-corrected chi connectivity index (χ2v) is 5.55. The summed E-state index contributed by atoms with van der Waals surface area (Å²) >= 11 is 0. The van der Waals surface area contributed by atoms with E-state index >= 15 is 0 Å². The third kappa shape index (κ3) is 2.72. The third-order valence-corrected chi connectivity index (χ3v) is 3.88. The molecule has 1 heterocycles. The van der Waals surface area contributed by atoms with Gasteiger partial charge in [-0.2, -0.15) is 0 Å². The number of aromatic nitrogens is 2. The van der Waals surface area contributed by atoms with Gasteiger partial charge in [0, 0.05) is 17.6 Å². The van der Waals surface area contributed by atoms with Gasteiger partial charge in [-0.3, -0.25) is 0 Å². The Morgan fingerprint density at radius 3 is 2.95 bits per heavy atom. The van der Waals surface area contributed by atoms with Gasteiger partial charge in [0.1, 0.15) is 18.7 Å². The van der Waals surface area contributed by atoms with E-state index in [4.69, 9.17) is 4.74 Å². The van der Waals surface area contributed by atoms with Crippen LogP contribution in [0.15, 0.2) is 55.0 Å². The Kier molecular flexibility index (Phi) is 3.03. The predicted octanol–water partition coefficient (Wildman–Crippen LogP) is 4.09. The molecule has 0 saturated heterocycles. The Labute approximate surface area is 123 Å². The van der Waals surface area contributed by atoms with Crippen molar-refractivity contribution >= 4 is 10.9 Å². The minimum atomic E-state index is 0.594. The number of benzene rings is 2. The molecule has 104 valence electrons. The molecule has 0 atom stereocenters. The molecule has 1 aliphatic carbocycles. The highest BCUT2D eigenvalue weighted by Crippen LogP contribution is 2.40. The van der Waals surface area contributed by atoms with E-state index in [1.807, 2.05) is 24.4 Å². The number of nitrogens with zero attached hydrogens (tertiary/aromatic N) is 2. The van der Waals surface area contributed by atoms with E-state index in [0.717, 1.165) is 22.6 Å². The lowest BCUT2D eigenvalue weighted by Gasteiger charge is -2.08. The molecule has 0 radical (unpaired) electrons. The smallest absolute Gasteiger partial charge is 0.122 e. The summed E-state index contributed by atoms with van der Waals surface area (Å²) in [4.78, 5) is 8.27. The average Bonchev–Trinajstić information content (AvgIpc) is 3.38. The minimum Gasteiger partial charge on any atom is -0.489 e. The van der Waals surface area contributed by atoms with Gasteiger partial charge >= 0.3 is 0 Å². The van der Waals surface area contributed by atoms with Crippen molar-refractivity contribution in [1.29, 1.82) is 0 Å². The quantitative estimate of drug-likeness (QED) is 0.720. The van der Waals surface area contributed by atoms with Crippen molar-refractivity contribution in [2.45, 2.75) is 25.4 Å². The Balaban J connectivity index is 1.51. The lowest BCUT2D eigenvalue weighted by atomic mass is 10.1. The molecule has 0 spiro atoms. The summed E-state index contributed by atoms with van der Waals surface area (Å²) in [7, 11) is 0. The van der Waals surface area contributed by atoms with Gasteiger partial charge < -0.3 is 4.74 Å². The SMILES string of the molecule is c1cc(COc2ccc3cncnc3c2)cc(C2CC2)c1. The molecule has 3 heteroatoms. The first-order valence-corrected chi connectivity index (χ1v) is 7.30. The monoisotopic (exact) mass is 276 g/mol. The van der Waals surface area contributed by atoms with Crippen LogP contribution in [0.4, 0.5) is 0 Å². The maximum atomic E-state index is 5.89. The Bertz CT molecular complexity index is 781. The van der Waals surface area contributed by atoms with Gasteiger partial charge in [-0.1, -0.05) is 24.3 Å². The molecular formula is C18H16N2O. The van der Waals surface area contributed by atoms with Crippen LogP contribution in [0, 0.1) is 0 Å². The van der Waals surface area contributed by atoms with E-state index in [1.165, 1.54) is 24.0 Å². The van der Waals surface area contributed by atoms with E-state index in [2.05, 4.69) is 34.2 Å². The zero-order valence-electron chi connectivity index (χ0n) is 11.7. The largest absolute Gasteiger partial charge is 0.489 e. The molecule has 0 bridgehead atoms. The first-order valence-electron chi connectivity index (χ1n) is 7.30. The molecule has 0 amide bonds. The van der Waals surface area contributed by atoms with Crippen molar-refractivity contribution in [2.24, 2.45) is 0 Å². The van der Waals surface area contributed by atoms with E-state index in [-0.39, 0.29) is 0 Å². The highest BCUT2D eigenvalue weighted by molar-refractivity contribution is 5.78. The van der Waals surface area contributed by atoms with Gasteiger partial charge in [0.25, 0.3) is 0 Å². The number of hydrogen-bond donors (Lipinski definition) is 0. The van der Waals surface area contributed by atoms with Crippen molar-refractivity contribution in [3.8, 4) is 5.75 Å². The van der Waals surface area contributed by atoms with E-state index in [9.17, 15) is 0 Å². The fourth-order valence-corrected chi connectivity index (χ4v) is 2.56. The fraction of sp³-hybridized carbons (Fsp3) is 0.222. The summed E-state index contributed by atoms with van der Waals surface area (Å²) in [6, 6.07) is 14.6. The van der Waals surface area contributed by atoms with E-state index < -0.39 is 0 Å². The molecule has 3 nitrogen and oxygen atoms in total. The molecule has 2 aromatic carbocycles. The van der Waals surface area contributed by atoms with Crippen LogP contribution in [-0.2, 0) is 6.61 Å². The molecule has 1 aromatic heterocycles. The van der Waals surface area contributed by atoms with Crippen molar-refractivity contribution in [2.75, 3.05) is 0 Å². The number of rotatable bonds is 4. The number of ether oxygens (including phenoxy) is 1. The summed E-state index contributed by atoms with van der Waals surface area (Å²) in [6.45, 7) is 0.594. The van der Waals surface area contributed by atoms with Crippen LogP contribution in [0.25, 0.3) is 10.9 Å². The molecule has 0 aliphatic heterocycles. The first kappa shape index (κ1) is 12.3. The summed E-state index contributed by atoms with van der Waals surface area (Å²) in [5.41, 5.74) is 3.58. The van der Waals surface area contributed by atoms with Crippen LogP contribution in [-0.4, -0.2) is 9.97 Å². The second-order valence-electron chi connectivity index (χ2n) is 5.55. The summed E-state index contributed by atoms with van der Waals surface area (Å²) in [5.74, 6) is 1.63. The Morgan fingerprint density at radius 1 is 1.10 bits per heavy atom. The standard InChI is InChI=1S/C18H16N2O/c1-2-13(8-15(3-1)14-4-5-14)11-21-17-7-6-16-10-19-12-20-18(16)9-17/h1-3,6-10,12,14H,4-5,11H2. The normalized spacial score (nSPS) is 14.3. The molecule has 1 fully saturated rings. The third-order valence-electron chi connectivity index (χ3n) is 3.88. The van der Waals surface area contributed by atoms with Crippen LogP contribution in [0.3, 0.4) is 0 Å². The van der Waals surface area contributed by atoms with Crippen molar-refractivity contribution < 1.29 is 4.74 Å². The zero-order chi connectivity index (χ0) is 14.1. The lowest BCUT2D eigenvalue weighted by molar-refractivity contribution is 0.306. The van der Waals surface area contributed by atoms with Crippen molar-refractivity contribution in [3.05, 3.63) is 66.1 Å². The summed E-state index contributed by atoms with van der Waals surface area (Å²) < 4.78 is 5.89. The lowest BCUT2D eigenvalue weighted by Crippen LogP contribution is -1.96. The topological polar surface area (TPSA) is 35.0 Å². The molecule has 0 unspecified atom stereocenters. The Hall–Kier alpha value is -2.42. The highest BCUT2D eigenvalue weighted by atomic mass is 16.5. The van der Waals surface area contributed by atoms with Gasteiger partial charge in [-0.05, 0) is 42.0 Å². The van der Waals surface area contributed by atoms with Crippen LogP contribution < -0.4 is 4.74 Å². The van der Waals surface area contributed by atoms with E-state index in [0.29, 0.717) is 6.61 Å². The average molecular weight is 276 g/mol. The predicted molar refractivity (Wildman–Crippen MR) is 82.3 cm³/mol. The summed E-state index contributed by atoms with van der Waals surface area (Å²) in [5, 5.41) is 1.03. The zero-order valence-corrected chi connectivity index (χ0v) is 11.7. The maximum absolute atomic E-state index is 5.89. The maximum Gasteiger partial charge on any atom is 0.122 e. The van der Waals surface area contributed by atoms with Crippen LogP contribution in [0.2, 0.25) is 0 Å². The molecule has 1 saturated carbocycles.